The van der Waals surface area contributed by atoms with Gasteiger partial charge in [-0.25, -0.2) is 0 Å². The highest BCUT2D eigenvalue weighted by atomic mass is 16.5. The van der Waals surface area contributed by atoms with E-state index in [1.54, 1.807) is 18.2 Å². The molecule has 0 aliphatic heterocycles. The predicted octanol–water partition coefficient (Wildman–Crippen LogP) is 2.66. The molecular formula is C16H24N2O2. The molecule has 0 aromatic heterocycles. The van der Waals surface area contributed by atoms with Crippen LogP contribution in [0.4, 0.5) is 5.69 Å². The van der Waals surface area contributed by atoms with E-state index in [2.05, 4.69) is 5.32 Å². The number of anilines is 1. The summed E-state index contributed by atoms with van der Waals surface area (Å²) in [5, 5.41) is 2.89. The third-order valence-corrected chi connectivity index (χ3v) is 3.91. The summed E-state index contributed by atoms with van der Waals surface area (Å²) >= 11 is 0. The molecule has 0 atom stereocenters. The zero-order chi connectivity index (χ0) is 14.4. The van der Waals surface area contributed by atoms with Crippen LogP contribution in [0.1, 0.15) is 48.0 Å². The van der Waals surface area contributed by atoms with Crippen molar-refractivity contribution in [2.75, 3.05) is 18.9 Å². The van der Waals surface area contributed by atoms with E-state index < -0.39 is 0 Å². The van der Waals surface area contributed by atoms with Gasteiger partial charge in [0.15, 0.2) is 0 Å². The minimum absolute atomic E-state index is 0.0814. The van der Waals surface area contributed by atoms with E-state index in [9.17, 15) is 4.79 Å². The largest absolute Gasteiger partial charge is 0.398 e. The Balaban J connectivity index is 1.73. The van der Waals surface area contributed by atoms with E-state index in [1.165, 1.54) is 19.3 Å². The van der Waals surface area contributed by atoms with Crippen LogP contribution < -0.4 is 11.1 Å². The molecule has 0 unspecified atom stereocenters. The van der Waals surface area contributed by atoms with Gasteiger partial charge in [0.2, 0.25) is 0 Å². The quantitative estimate of drug-likeness (QED) is 0.642. The Morgan fingerprint density at radius 2 is 2.10 bits per heavy atom. The van der Waals surface area contributed by atoms with Crippen molar-refractivity contribution in [1.82, 2.24) is 5.32 Å². The molecule has 1 aromatic rings. The Labute approximate surface area is 120 Å². The standard InChI is InChI=1S/C16H24N2O2/c1-12-14(8-5-9-15(12)17)16(19)18-10-11-20-13-6-3-2-4-7-13/h5,8-9,13H,2-4,6-7,10-11,17H2,1H3,(H,18,19). The molecule has 3 N–H and O–H groups in total. The van der Waals surface area contributed by atoms with Gasteiger partial charge in [-0.1, -0.05) is 25.3 Å². The monoisotopic (exact) mass is 276 g/mol. The lowest BCUT2D eigenvalue weighted by molar-refractivity contribution is 0.0299. The van der Waals surface area contributed by atoms with E-state index in [1.807, 2.05) is 6.92 Å². The van der Waals surface area contributed by atoms with Gasteiger partial charge in [0.25, 0.3) is 5.91 Å². The molecule has 2 rings (SSSR count). The third kappa shape index (κ3) is 3.97. The summed E-state index contributed by atoms with van der Waals surface area (Å²) in [7, 11) is 0. The van der Waals surface area contributed by atoms with Crippen molar-refractivity contribution in [2.24, 2.45) is 0 Å². The smallest absolute Gasteiger partial charge is 0.251 e. The molecule has 0 radical (unpaired) electrons. The number of carbonyl (C=O) groups excluding carboxylic acids is 1. The molecule has 1 saturated carbocycles. The average molecular weight is 276 g/mol. The minimum atomic E-state index is -0.0814. The summed E-state index contributed by atoms with van der Waals surface area (Å²) in [6.45, 7) is 2.99. The van der Waals surface area contributed by atoms with E-state index in [0.29, 0.717) is 30.5 Å². The predicted molar refractivity (Wildman–Crippen MR) is 80.7 cm³/mol. The van der Waals surface area contributed by atoms with E-state index >= 15 is 0 Å². The molecule has 110 valence electrons. The highest BCUT2D eigenvalue weighted by molar-refractivity contribution is 5.96. The number of nitrogens with one attached hydrogen (secondary N) is 1. The second kappa shape index (κ2) is 7.29. The molecule has 4 nitrogen and oxygen atoms in total. The fourth-order valence-corrected chi connectivity index (χ4v) is 2.62. The first-order valence-electron chi connectivity index (χ1n) is 7.43. The molecule has 0 heterocycles. The number of rotatable bonds is 5. The van der Waals surface area contributed by atoms with Gasteiger partial charge in [-0.15, -0.1) is 0 Å². The summed E-state index contributed by atoms with van der Waals surface area (Å²) < 4.78 is 5.78. The molecule has 20 heavy (non-hydrogen) atoms. The Morgan fingerprint density at radius 3 is 2.85 bits per heavy atom. The molecule has 1 aliphatic rings. The summed E-state index contributed by atoms with van der Waals surface area (Å²) in [5.41, 5.74) is 7.93. The Morgan fingerprint density at radius 1 is 1.35 bits per heavy atom. The number of amides is 1. The Kier molecular flexibility index (Phi) is 5.41. The molecule has 0 spiro atoms. The Hall–Kier alpha value is -1.55. The molecule has 0 bridgehead atoms. The van der Waals surface area contributed by atoms with E-state index in [-0.39, 0.29) is 5.91 Å². The van der Waals surface area contributed by atoms with Crippen molar-refractivity contribution in [3.05, 3.63) is 29.3 Å². The molecule has 1 amide bonds. The van der Waals surface area contributed by atoms with Crippen molar-refractivity contribution in [2.45, 2.75) is 45.1 Å². The fourth-order valence-electron chi connectivity index (χ4n) is 2.62. The maximum atomic E-state index is 12.0. The highest BCUT2D eigenvalue weighted by Crippen LogP contribution is 2.20. The van der Waals surface area contributed by atoms with Crippen molar-refractivity contribution in [1.29, 1.82) is 0 Å². The van der Waals surface area contributed by atoms with Gasteiger partial charge in [0.1, 0.15) is 0 Å². The van der Waals surface area contributed by atoms with Crippen molar-refractivity contribution >= 4 is 11.6 Å². The first kappa shape index (κ1) is 14.9. The van der Waals surface area contributed by atoms with Crippen LogP contribution in [0.2, 0.25) is 0 Å². The van der Waals surface area contributed by atoms with Crippen LogP contribution in [0.3, 0.4) is 0 Å². The Bertz CT molecular complexity index is 454. The number of nitrogen functional groups attached to an aromatic ring is 1. The first-order valence-corrected chi connectivity index (χ1v) is 7.43. The van der Waals surface area contributed by atoms with Crippen LogP contribution in [-0.2, 0) is 4.74 Å². The van der Waals surface area contributed by atoms with Crippen molar-refractivity contribution in [3.63, 3.8) is 0 Å². The lowest BCUT2D eigenvalue weighted by atomic mass is 9.98. The fraction of sp³-hybridized carbons (Fsp3) is 0.562. The van der Waals surface area contributed by atoms with Gasteiger partial charge in [0, 0.05) is 17.8 Å². The van der Waals surface area contributed by atoms with Gasteiger partial charge in [-0.2, -0.15) is 0 Å². The third-order valence-electron chi connectivity index (χ3n) is 3.91. The van der Waals surface area contributed by atoms with Gasteiger partial charge >= 0.3 is 0 Å². The molecule has 0 saturated heterocycles. The number of hydrogen-bond donors (Lipinski definition) is 2. The number of ether oxygens (including phenoxy) is 1. The van der Waals surface area contributed by atoms with Crippen LogP contribution in [0.5, 0.6) is 0 Å². The summed E-state index contributed by atoms with van der Waals surface area (Å²) in [6, 6.07) is 5.40. The molecule has 1 aromatic carbocycles. The minimum Gasteiger partial charge on any atom is -0.398 e. The maximum absolute atomic E-state index is 12.0. The van der Waals surface area contributed by atoms with Gasteiger partial charge in [-0.3, -0.25) is 4.79 Å². The van der Waals surface area contributed by atoms with Crippen LogP contribution in [0.25, 0.3) is 0 Å². The zero-order valence-electron chi connectivity index (χ0n) is 12.2. The molecule has 4 heteroatoms. The van der Waals surface area contributed by atoms with Gasteiger partial charge in [-0.05, 0) is 37.5 Å². The van der Waals surface area contributed by atoms with Crippen LogP contribution in [0.15, 0.2) is 18.2 Å². The van der Waals surface area contributed by atoms with E-state index in [4.69, 9.17) is 10.5 Å². The van der Waals surface area contributed by atoms with Gasteiger partial charge in [0.05, 0.1) is 12.7 Å². The molecule has 1 aliphatic carbocycles. The topological polar surface area (TPSA) is 64.4 Å². The van der Waals surface area contributed by atoms with Gasteiger partial charge < -0.3 is 15.8 Å². The average Bonchev–Trinajstić information content (AvgIpc) is 2.47. The number of hydrogen-bond acceptors (Lipinski definition) is 3. The molecular weight excluding hydrogens is 252 g/mol. The SMILES string of the molecule is Cc1c(N)cccc1C(=O)NCCOC1CCCCC1. The van der Waals surface area contributed by atoms with E-state index in [0.717, 1.165) is 18.4 Å². The van der Waals surface area contributed by atoms with Crippen molar-refractivity contribution < 1.29 is 9.53 Å². The zero-order valence-corrected chi connectivity index (χ0v) is 12.2. The maximum Gasteiger partial charge on any atom is 0.251 e. The van der Waals surface area contributed by atoms with Crippen LogP contribution >= 0.6 is 0 Å². The van der Waals surface area contributed by atoms with Crippen molar-refractivity contribution in [3.8, 4) is 0 Å². The number of benzene rings is 1. The second-order valence-electron chi connectivity index (χ2n) is 5.41. The summed E-state index contributed by atoms with van der Waals surface area (Å²) in [4.78, 5) is 12.0. The molecule has 1 fully saturated rings. The van der Waals surface area contributed by atoms with Crippen LogP contribution in [0, 0.1) is 6.92 Å². The highest BCUT2D eigenvalue weighted by Gasteiger charge is 2.14. The number of carbonyl (C=O) groups is 1. The first-order chi connectivity index (χ1) is 9.68. The van der Waals surface area contributed by atoms with Crippen LogP contribution in [-0.4, -0.2) is 25.2 Å². The lowest BCUT2D eigenvalue weighted by Crippen LogP contribution is -2.29. The second-order valence-corrected chi connectivity index (χ2v) is 5.41. The summed E-state index contributed by atoms with van der Waals surface area (Å²) in [6.07, 6.45) is 6.55. The number of nitrogens with two attached hydrogens (primary N) is 1. The normalized spacial score (nSPS) is 16.1. The lowest BCUT2D eigenvalue weighted by Gasteiger charge is -2.22. The summed E-state index contributed by atoms with van der Waals surface area (Å²) in [5.74, 6) is -0.0814.